The fourth-order valence-electron chi connectivity index (χ4n) is 6.00. The largest absolute Gasteiger partial charge is 0.497 e. The Morgan fingerprint density at radius 3 is 1.76 bits per heavy atom. The minimum atomic E-state index is -1.55. The van der Waals surface area contributed by atoms with Gasteiger partial charge in [-0.15, -0.1) is 0 Å². The van der Waals surface area contributed by atoms with Crippen molar-refractivity contribution in [2.24, 2.45) is 0 Å². The van der Waals surface area contributed by atoms with Gasteiger partial charge < -0.3 is 23.3 Å². The molecule has 0 fully saturated rings. The first kappa shape index (κ1) is 38.4. The van der Waals surface area contributed by atoms with Gasteiger partial charge in [-0.25, -0.2) is 4.67 Å². The number of hydrogen-bond acceptors (Lipinski definition) is 9. The summed E-state index contributed by atoms with van der Waals surface area (Å²) in [4.78, 5) is 12.1. The molecule has 0 aromatic heterocycles. The molecule has 4 aromatic rings. The maximum Gasteiger partial charge on any atom is 0.275 e. The zero-order valence-corrected chi connectivity index (χ0v) is 30.4. The van der Waals surface area contributed by atoms with E-state index in [4.69, 9.17) is 28.5 Å². The van der Waals surface area contributed by atoms with Crippen molar-refractivity contribution in [1.82, 2.24) is 4.67 Å². The maximum absolute atomic E-state index is 12.5. The van der Waals surface area contributed by atoms with E-state index in [1.165, 1.54) is 6.07 Å². The number of rotatable bonds is 19. The number of hydrogen-bond donors (Lipinski definition) is 0. The number of nitro benzene ring substituents is 1. The molecule has 0 amide bonds. The summed E-state index contributed by atoms with van der Waals surface area (Å²) in [6.07, 6.45) is -0.322. The first-order chi connectivity index (χ1) is 24.2. The van der Waals surface area contributed by atoms with Crippen molar-refractivity contribution >= 4 is 14.2 Å². The van der Waals surface area contributed by atoms with Crippen molar-refractivity contribution in [2.45, 2.75) is 64.3 Å². The molecule has 2 atom stereocenters. The van der Waals surface area contributed by atoms with Gasteiger partial charge in [0.15, 0.2) is 0 Å². The molecule has 0 saturated carbocycles. The van der Waals surface area contributed by atoms with Gasteiger partial charge in [0.05, 0.1) is 56.5 Å². The third-order valence-corrected chi connectivity index (χ3v) is 10.3. The monoisotopic (exact) mass is 699 g/mol. The first-order valence-corrected chi connectivity index (χ1v) is 17.8. The number of nitrogens with zero attached hydrogens (tertiary/aromatic N) is 3. The Labute approximate surface area is 296 Å². The number of benzene rings is 4. The Morgan fingerprint density at radius 1 is 0.760 bits per heavy atom. The second kappa shape index (κ2) is 18.6. The minimum Gasteiger partial charge on any atom is -0.497 e. The van der Waals surface area contributed by atoms with E-state index in [2.05, 4.69) is 38.4 Å². The average molecular weight is 700 g/mol. The lowest BCUT2D eigenvalue weighted by molar-refractivity contribution is -0.386. The van der Waals surface area contributed by atoms with E-state index in [-0.39, 0.29) is 48.7 Å². The van der Waals surface area contributed by atoms with Gasteiger partial charge in [0.25, 0.3) is 14.2 Å². The molecule has 11 heteroatoms. The molecule has 264 valence electrons. The molecule has 0 heterocycles. The van der Waals surface area contributed by atoms with E-state index in [1.807, 2.05) is 78.9 Å². The van der Waals surface area contributed by atoms with Crippen LogP contribution in [0, 0.1) is 21.4 Å². The van der Waals surface area contributed by atoms with Crippen LogP contribution in [0.15, 0.2) is 103 Å². The van der Waals surface area contributed by atoms with Crippen molar-refractivity contribution in [1.29, 1.82) is 5.26 Å². The van der Waals surface area contributed by atoms with Gasteiger partial charge >= 0.3 is 0 Å². The van der Waals surface area contributed by atoms with E-state index >= 15 is 0 Å². The summed E-state index contributed by atoms with van der Waals surface area (Å²) in [5.74, 6) is 1.36. The van der Waals surface area contributed by atoms with Crippen LogP contribution in [-0.2, 0) is 19.4 Å². The normalized spacial score (nSPS) is 12.9. The SMILES string of the molecule is COc1ccc(C(OC(CCOP(OCCC#N)N(C(C)C)C(C)C)c2ccccc2[N+](=O)[O-])(c2ccccc2)c2ccc(OC)cc2)cc1. The molecule has 0 radical (unpaired) electrons. The van der Waals surface area contributed by atoms with Crippen molar-refractivity contribution < 1.29 is 28.2 Å². The van der Waals surface area contributed by atoms with Gasteiger partial charge in [-0.3, -0.25) is 10.1 Å². The molecule has 0 N–H and O–H groups in total. The maximum atomic E-state index is 12.5. The standard InChI is InChI=1S/C39H46N3O7P/c1-29(2)41(30(3)4)50(47-27-12-26-40)48-28-25-38(36-15-10-11-16-37(36)42(43)44)49-39(31-13-8-7-9-14-31,32-17-21-34(45-5)22-18-32)33-19-23-35(46-6)24-20-33/h7-11,13-24,29-30,38H,12,25,27-28H2,1-6H3. The third-order valence-electron chi connectivity index (χ3n) is 8.22. The van der Waals surface area contributed by atoms with Crippen molar-refractivity contribution in [3.8, 4) is 17.6 Å². The highest BCUT2D eigenvalue weighted by Gasteiger charge is 2.42. The molecular formula is C39H46N3O7P. The molecule has 0 aliphatic rings. The number of ether oxygens (including phenoxy) is 3. The highest BCUT2D eigenvalue weighted by Crippen LogP contribution is 2.49. The van der Waals surface area contributed by atoms with Crippen LogP contribution in [0.25, 0.3) is 0 Å². The number of nitriles is 1. The molecule has 10 nitrogen and oxygen atoms in total. The lowest BCUT2D eigenvalue weighted by atomic mass is 9.79. The highest BCUT2D eigenvalue weighted by atomic mass is 31.2. The van der Waals surface area contributed by atoms with Crippen LogP contribution in [0.4, 0.5) is 5.69 Å². The molecule has 2 unspecified atom stereocenters. The zero-order chi connectivity index (χ0) is 36.1. The Hall–Kier alpha value is -4.36. The van der Waals surface area contributed by atoms with Gasteiger partial charge in [0.2, 0.25) is 0 Å². The second-order valence-electron chi connectivity index (χ2n) is 12.1. The molecule has 0 aliphatic carbocycles. The third kappa shape index (κ3) is 9.25. The van der Waals surface area contributed by atoms with E-state index in [0.717, 1.165) is 16.7 Å². The summed E-state index contributed by atoms with van der Waals surface area (Å²) in [6, 6.07) is 34.2. The Balaban J connectivity index is 1.88. The number of nitro groups is 1. The highest BCUT2D eigenvalue weighted by molar-refractivity contribution is 7.44. The van der Waals surface area contributed by atoms with Gasteiger partial charge in [-0.1, -0.05) is 66.7 Å². The molecule has 0 bridgehead atoms. The number of methoxy groups -OCH3 is 2. The topological polar surface area (TPSA) is 116 Å². The average Bonchev–Trinajstić information content (AvgIpc) is 3.13. The van der Waals surface area contributed by atoms with Crippen LogP contribution in [0.5, 0.6) is 11.5 Å². The smallest absolute Gasteiger partial charge is 0.275 e. The van der Waals surface area contributed by atoms with Crippen molar-refractivity contribution in [3.05, 3.63) is 135 Å². The van der Waals surface area contributed by atoms with Crippen LogP contribution in [0.2, 0.25) is 0 Å². The van der Waals surface area contributed by atoms with E-state index in [9.17, 15) is 10.1 Å². The first-order valence-electron chi connectivity index (χ1n) is 16.6. The van der Waals surface area contributed by atoms with E-state index in [1.54, 1.807) is 32.4 Å². The quantitative estimate of drug-likeness (QED) is 0.0310. The Morgan fingerprint density at radius 2 is 1.26 bits per heavy atom. The molecule has 50 heavy (non-hydrogen) atoms. The summed E-state index contributed by atoms with van der Waals surface area (Å²) in [7, 11) is 1.68. The summed E-state index contributed by atoms with van der Waals surface area (Å²) in [5, 5.41) is 21.6. The van der Waals surface area contributed by atoms with Crippen molar-refractivity contribution in [3.63, 3.8) is 0 Å². The zero-order valence-electron chi connectivity index (χ0n) is 29.5. The molecule has 4 aromatic carbocycles. The molecular weight excluding hydrogens is 653 g/mol. The molecule has 0 spiro atoms. The van der Waals surface area contributed by atoms with E-state index < -0.39 is 20.2 Å². The number of para-hydroxylation sites is 1. The fourth-order valence-corrected chi connectivity index (χ4v) is 7.60. The Kier molecular flexibility index (Phi) is 14.3. The summed E-state index contributed by atoms with van der Waals surface area (Å²) >= 11 is 0. The van der Waals surface area contributed by atoms with Crippen LogP contribution in [0.3, 0.4) is 0 Å². The minimum absolute atomic E-state index is 0.0533. The summed E-state index contributed by atoms with van der Waals surface area (Å²) < 4.78 is 33.2. The molecule has 0 aliphatic heterocycles. The lowest BCUT2D eigenvalue weighted by Gasteiger charge is -2.39. The van der Waals surface area contributed by atoms with Crippen molar-refractivity contribution in [2.75, 3.05) is 27.4 Å². The molecule has 4 rings (SSSR count). The van der Waals surface area contributed by atoms with Crippen LogP contribution < -0.4 is 9.47 Å². The summed E-state index contributed by atoms with van der Waals surface area (Å²) in [5.41, 5.74) is 1.56. The van der Waals surface area contributed by atoms with Crippen LogP contribution >= 0.6 is 8.53 Å². The van der Waals surface area contributed by atoms with E-state index in [0.29, 0.717) is 17.1 Å². The fraction of sp³-hybridized carbons (Fsp3) is 0.359. The lowest BCUT2D eigenvalue weighted by Crippen LogP contribution is -2.35. The van der Waals surface area contributed by atoms with Crippen LogP contribution in [0.1, 0.15) is 68.9 Å². The van der Waals surface area contributed by atoms with Crippen LogP contribution in [-0.4, -0.2) is 49.1 Å². The van der Waals surface area contributed by atoms with Gasteiger partial charge in [0, 0.05) is 24.6 Å². The Bertz CT molecular complexity index is 1620. The predicted octanol–water partition coefficient (Wildman–Crippen LogP) is 9.34. The predicted molar refractivity (Wildman–Crippen MR) is 195 cm³/mol. The summed E-state index contributed by atoms with van der Waals surface area (Å²) in [6.45, 7) is 8.69. The van der Waals surface area contributed by atoms with Gasteiger partial charge in [0.1, 0.15) is 17.1 Å². The van der Waals surface area contributed by atoms with Gasteiger partial charge in [-0.05, 0) is 74.7 Å². The van der Waals surface area contributed by atoms with Gasteiger partial charge in [-0.2, -0.15) is 5.26 Å². The molecule has 0 saturated heterocycles. The second-order valence-corrected chi connectivity index (χ2v) is 13.5.